The van der Waals surface area contributed by atoms with Crippen molar-refractivity contribution in [2.45, 2.75) is 18.5 Å². The van der Waals surface area contributed by atoms with Crippen molar-refractivity contribution in [1.29, 1.82) is 0 Å². The van der Waals surface area contributed by atoms with Gasteiger partial charge in [-0.25, -0.2) is 0 Å². The molecule has 124 valence electrons. The Kier molecular flexibility index (Phi) is 5.56. The summed E-state index contributed by atoms with van der Waals surface area (Å²) in [5, 5.41) is 19.3. The Morgan fingerprint density at radius 2 is 1.83 bits per heavy atom. The van der Waals surface area contributed by atoms with Gasteiger partial charge in [0.15, 0.2) is 11.0 Å². The molecule has 0 aliphatic rings. The van der Waals surface area contributed by atoms with Gasteiger partial charge in [-0.15, -0.1) is 10.2 Å². The van der Waals surface area contributed by atoms with Gasteiger partial charge < -0.3 is 5.11 Å². The summed E-state index contributed by atoms with van der Waals surface area (Å²) < 4.78 is 2.07. The minimum absolute atomic E-state index is 0.176. The second-order valence-corrected chi connectivity index (χ2v) is 6.86. The number of benzene rings is 2. The van der Waals surface area contributed by atoms with Gasteiger partial charge in [-0.3, -0.25) is 4.57 Å². The molecule has 1 aromatic heterocycles. The molecule has 3 rings (SSSR count). The lowest BCUT2D eigenvalue weighted by Gasteiger charge is -2.12. The van der Waals surface area contributed by atoms with Crippen molar-refractivity contribution in [2.75, 3.05) is 12.4 Å². The Bertz CT molecular complexity index is 817. The first-order valence-electron chi connectivity index (χ1n) is 7.71. The third kappa shape index (κ3) is 3.64. The van der Waals surface area contributed by atoms with E-state index in [1.165, 1.54) is 0 Å². The quantitative estimate of drug-likeness (QED) is 0.524. The number of aryl methyl sites for hydroxylation is 1. The van der Waals surface area contributed by atoms with Gasteiger partial charge in [0.25, 0.3) is 0 Å². The first kappa shape index (κ1) is 17.0. The smallest absolute Gasteiger partial charge is 0.196 e. The van der Waals surface area contributed by atoms with Gasteiger partial charge in [0.05, 0.1) is 5.69 Å². The van der Waals surface area contributed by atoms with E-state index >= 15 is 0 Å². The second kappa shape index (κ2) is 7.83. The first-order valence-corrected chi connectivity index (χ1v) is 9.08. The summed E-state index contributed by atoms with van der Waals surface area (Å²) in [5.41, 5.74) is 3.17. The summed E-state index contributed by atoms with van der Waals surface area (Å²) in [4.78, 5) is 0. The third-order valence-electron chi connectivity index (χ3n) is 3.63. The van der Waals surface area contributed by atoms with E-state index in [1.807, 2.05) is 36.4 Å². The summed E-state index contributed by atoms with van der Waals surface area (Å²) in [6.45, 7) is 2.25. The predicted octanol–water partition coefficient (Wildman–Crippen LogP) is 4.37. The standard InChI is InChI=1S/C18H18ClN3OS/c1-13-5-2-3-6-16(13)22-17(14-7-9-15(19)10-8-14)20-21-18(22)24-12-4-11-23/h2-3,5-10,23H,4,11-12H2,1H3. The molecule has 3 aromatic rings. The second-order valence-electron chi connectivity index (χ2n) is 5.36. The van der Waals surface area contributed by atoms with Crippen LogP contribution in [0.15, 0.2) is 53.7 Å². The maximum Gasteiger partial charge on any atom is 0.196 e. The summed E-state index contributed by atoms with van der Waals surface area (Å²) in [6, 6.07) is 15.8. The van der Waals surface area contributed by atoms with Crippen LogP contribution in [0.3, 0.4) is 0 Å². The molecule has 0 radical (unpaired) electrons. The number of aliphatic hydroxyl groups is 1. The van der Waals surface area contributed by atoms with E-state index in [1.54, 1.807) is 11.8 Å². The monoisotopic (exact) mass is 359 g/mol. The summed E-state index contributed by atoms with van der Waals surface area (Å²) in [6.07, 6.45) is 0.724. The minimum Gasteiger partial charge on any atom is -0.396 e. The van der Waals surface area contributed by atoms with E-state index in [9.17, 15) is 0 Å². The number of para-hydroxylation sites is 1. The molecular weight excluding hydrogens is 342 g/mol. The average molecular weight is 360 g/mol. The molecule has 0 atom stereocenters. The lowest BCUT2D eigenvalue weighted by molar-refractivity contribution is 0.296. The van der Waals surface area contributed by atoms with Crippen molar-refractivity contribution in [3.8, 4) is 17.1 Å². The van der Waals surface area contributed by atoms with Crippen LogP contribution in [0.4, 0.5) is 0 Å². The number of rotatable bonds is 6. The van der Waals surface area contributed by atoms with Gasteiger partial charge in [0.2, 0.25) is 0 Å². The fraction of sp³-hybridized carbons (Fsp3) is 0.222. The largest absolute Gasteiger partial charge is 0.396 e. The number of hydrogen-bond acceptors (Lipinski definition) is 4. The fourth-order valence-corrected chi connectivity index (χ4v) is 3.40. The van der Waals surface area contributed by atoms with Crippen molar-refractivity contribution >= 4 is 23.4 Å². The Labute approximate surface area is 150 Å². The van der Waals surface area contributed by atoms with E-state index in [-0.39, 0.29) is 6.61 Å². The molecule has 0 aliphatic carbocycles. The highest BCUT2D eigenvalue weighted by Crippen LogP contribution is 2.30. The van der Waals surface area contributed by atoms with Crippen molar-refractivity contribution in [3.05, 3.63) is 59.1 Å². The molecule has 4 nitrogen and oxygen atoms in total. The summed E-state index contributed by atoms with van der Waals surface area (Å²) >= 11 is 7.60. The maximum atomic E-state index is 9.02. The Morgan fingerprint density at radius 3 is 2.54 bits per heavy atom. The lowest BCUT2D eigenvalue weighted by atomic mass is 10.1. The van der Waals surface area contributed by atoms with Crippen LogP contribution in [0.5, 0.6) is 0 Å². The van der Waals surface area contributed by atoms with Crippen molar-refractivity contribution < 1.29 is 5.11 Å². The zero-order valence-corrected chi connectivity index (χ0v) is 14.9. The zero-order chi connectivity index (χ0) is 16.9. The Hall–Kier alpha value is -1.82. The van der Waals surface area contributed by atoms with Crippen LogP contribution >= 0.6 is 23.4 Å². The third-order valence-corrected chi connectivity index (χ3v) is 4.89. The van der Waals surface area contributed by atoms with E-state index in [4.69, 9.17) is 16.7 Å². The molecule has 24 heavy (non-hydrogen) atoms. The lowest BCUT2D eigenvalue weighted by Crippen LogP contribution is -2.02. The predicted molar refractivity (Wildman–Crippen MR) is 99.0 cm³/mol. The molecule has 0 amide bonds. The van der Waals surface area contributed by atoms with Crippen LogP contribution in [0, 0.1) is 6.92 Å². The molecule has 0 saturated heterocycles. The number of aromatic nitrogens is 3. The van der Waals surface area contributed by atoms with Crippen LogP contribution in [-0.2, 0) is 0 Å². The molecule has 6 heteroatoms. The van der Waals surface area contributed by atoms with Gasteiger partial charge in [0.1, 0.15) is 0 Å². The van der Waals surface area contributed by atoms with Gasteiger partial charge >= 0.3 is 0 Å². The van der Waals surface area contributed by atoms with E-state index in [2.05, 4.69) is 33.8 Å². The van der Waals surface area contributed by atoms with Gasteiger partial charge in [-0.1, -0.05) is 41.6 Å². The van der Waals surface area contributed by atoms with Crippen molar-refractivity contribution in [3.63, 3.8) is 0 Å². The highest BCUT2D eigenvalue weighted by Gasteiger charge is 2.17. The van der Waals surface area contributed by atoms with Crippen LogP contribution in [-0.4, -0.2) is 32.2 Å². The molecule has 0 aliphatic heterocycles. The number of halogens is 1. The molecule has 0 bridgehead atoms. The number of aliphatic hydroxyl groups excluding tert-OH is 1. The average Bonchev–Trinajstić information content (AvgIpc) is 3.00. The van der Waals surface area contributed by atoms with E-state index < -0.39 is 0 Å². The SMILES string of the molecule is Cc1ccccc1-n1c(SCCCO)nnc1-c1ccc(Cl)cc1. The number of thioether (sulfide) groups is 1. The molecule has 2 aromatic carbocycles. The van der Waals surface area contributed by atoms with Crippen molar-refractivity contribution in [2.24, 2.45) is 0 Å². The van der Waals surface area contributed by atoms with Crippen LogP contribution in [0.25, 0.3) is 17.1 Å². The van der Waals surface area contributed by atoms with Crippen LogP contribution in [0.1, 0.15) is 12.0 Å². The molecule has 1 N–H and O–H groups in total. The molecule has 0 fully saturated rings. The highest BCUT2D eigenvalue weighted by molar-refractivity contribution is 7.99. The summed E-state index contributed by atoms with van der Waals surface area (Å²) in [5.74, 6) is 1.58. The van der Waals surface area contributed by atoms with E-state index in [0.717, 1.165) is 40.0 Å². The topological polar surface area (TPSA) is 50.9 Å². The van der Waals surface area contributed by atoms with Gasteiger partial charge in [0, 0.05) is 22.9 Å². The molecule has 0 saturated carbocycles. The highest BCUT2D eigenvalue weighted by atomic mass is 35.5. The Morgan fingerprint density at radius 1 is 1.08 bits per heavy atom. The van der Waals surface area contributed by atoms with E-state index in [0.29, 0.717) is 5.02 Å². The first-order chi connectivity index (χ1) is 11.7. The number of hydrogen-bond donors (Lipinski definition) is 1. The summed E-state index contributed by atoms with van der Waals surface area (Å²) in [7, 11) is 0. The normalized spacial score (nSPS) is 11.0. The van der Waals surface area contributed by atoms with Crippen molar-refractivity contribution in [1.82, 2.24) is 14.8 Å². The molecule has 0 unspecified atom stereocenters. The minimum atomic E-state index is 0.176. The Balaban J connectivity index is 2.09. The molecule has 1 heterocycles. The molecular formula is C18H18ClN3OS. The van der Waals surface area contributed by atoms with Crippen LogP contribution in [0.2, 0.25) is 5.02 Å². The van der Waals surface area contributed by atoms with Gasteiger partial charge in [-0.05, 0) is 49.2 Å². The molecule has 0 spiro atoms. The van der Waals surface area contributed by atoms with Gasteiger partial charge in [-0.2, -0.15) is 0 Å². The fourth-order valence-electron chi connectivity index (χ4n) is 2.41. The number of nitrogens with zero attached hydrogens (tertiary/aromatic N) is 3. The van der Waals surface area contributed by atoms with Crippen LogP contribution < -0.4 is 0 Å². The maximum absolute atomic E-state index is 9.02. The zero-order valence-electron chi connectivity index (χ0n) is 13.3.